The molecule has 2 heterocycles. The summed E-state index contributed by atoms with van der Waals surface area (Å²) in [5, 5.41) is 24.4. The number of carbonyl (C=O) groups excluding carboxylic acids is 1. The monoisotopic (exact) mass is 422 g/mol. The number of guanidine groups is 1. The van der Waals surface area contributed by atoms with E-state index in [4.69, 9.17) is 10.1 Å². The maximum absolute atomic E-state index is 13.1. The summed E-state index contributed by atoms with van der Waals surface area (Å²) in [7, 11) is 1.37. The van der Waals surface area contributed by atoms with Crippen LogP contribution in [0.2, 0.25) is 0 Å². The molecular formula is C19H21F3N6O2. The summed E-state index contributed by atoms with van der Waals surface area (Å²) in [6.07, 6.45) is -3.61. The molecule has 8 nitrogen and oxygen atoms in total. The van der Waals surface area contributed by atoms with Crippen LogP contribution in [0, 0.1) is 5.41 Å². The third-order valence-electron chi connectivity index (χ3n) is 4.44. The molecule has 160 valence electrons. The Balaban J connectivity index is 2.01. The highest BCUT2D eigenvalue weighted by Gasteiger charge is 2.32. The molecule has 0 spiro atoms. The Morgan fingerprint density at radius 2 is 2.17 bits per heavy atom. The zero-order chi connectivity index (χ0) is 21.9. The number of nitrogens with zero attached hydrogens (tertiary/aromatic N) is 2. The smallest absolute Gasteiger partial charge is 0.393 e. The molecule has 4 N–H and O–H groups in total. The quantitative estimate of drug-likeness (QED) is 0.543. The van der Waals surface area contributed by atoms with Gasteiger partial charge in [0.2, 0.25) is 11.9 Å². The maximum Gasteiger partial charge on any atom is 0.393 e. The van der Waals surface area contributed by atoms with Gasteiger partial charge in [-0.2, -0.15) is 13.2 Å². The van der Waals surface area contributed by atoms with Gasteiger partial charge >= 0.3 is 6.18 Å². The van der Waals surface area contributed by atoms with E-state index in [0.717, 1.165) is 0 Å². The molecule has 0 bridgehead atoms. The number of alkyl halides is 3. The van der Waals surface area contributed by atoms with Crippen molar-refractivity contribution in [1.82, 2.24) is 16.0 Å². The highest BCUT2D eigenvalue weighted by Crippen LogP contribution is 2.28. The first-order chi connectivity index (χ1) is 14.2. The van der Waals surface area contributed by atoms with Gasteiger partial charge in [0.1, 0.15) is 17.5 Å². The number of carbonyl (C=O) groups is 1. The van der Waals surface area contributed by atoms with E-state index in [2.05, 4.69) is 26.2 Å². The van der Waals surface area contributed by atoms with Crippen LogP contribution >= 0.6 is 0 Å². The molecule has 0 aliphatic carbocycles. The Morgan fingerprint density at radius 3 is 2.77 bits per heavy atom. The van der Waals surface area contributed by atoms with E-state index in [1.165, 1.54) is 38.3 Å². The maximum atomic E-state index is 13.1. The fraction of sp³-hybridized carbons (Fsp3) is 0.368. The van der Waals surface area contributed by atoms with Crippen molar-refractivity contribution in [2.45, 2.75) is 32.0 Å². The predicted octanol–water partition coefficient (Wildman–Crippen LogP) is 1.86. The molecule has 1 saturated heterocycles. The molecule has 1 aromatic rings. The number of nitrogens with one attached hydrogen (secondary N) is 4. The first-order valence-electron chi connectivity index (χ1n) is 9.14. The van der Waals surface area contributed by atoms with Gasteiger partial charge in [-0.1, -0.05) is 0 Å². The fourth-order valence-corrected chi connectivity index (χ4v) is 3.14. The number of rotatable bonds is 5. The Labute approximate surface area is 170 Å². The van der Waals surface area contributed by atoms with Gasteiger partial charge in [-0.25, -0.2) is 0 Å². The van der Waals surface area contributed by atoms with Crippen molar-refractivity contribution >= 4 is 23.3 Å². The van der Waals surface area contributed by atoms with Crippen molar-refractivity contribution in [3.63, 3.8) is 0 Å². The van der Waals surface area contributed by atoms with Crippen molar-refractivity contribution in [2.75, 3.05) is 13.7 Å². The number of ether oxygens (including phenoxy) is 1. The minimum atomic E-state index is -4.43. The van der Waals surface area contributed by atoms with Crippen molar-refractivity contribution in [3.8, 4) is 5.75 Å². The first-order valence-corrected chi connectivity index (χ1v) is 9.14. The second-order valence-electron chi connectivity index (χ2n) is 6.85. The second-order valence-corrected chi connectivity index (χ2v) is 6.85. The average molecular weight is 422 g/mol. The zero-order valence-electron chi connectivity index (χ0n) is 16.4. The van der Waals surface area contributed by atoms with E-state index in [0.29, 0.717) is 18.7 Å². The van der Waals surface area contributed by atoms with Crippen molar-refractivity contribution in [1.29, 1.82) is 5.41 Å². The van der Waals surface area contributed by atoms with E-state index >= 15 is 0 Å². The summed E-state index contributed by atoms with van der Waals surface area (Å²) in [6, 6.07) is 3.83. The molecule has 0 aromatic heterocycles. The predicted molar refractivity (Wildman–Crippen MR) is 106 cm³/mol. The van der Waals surface area contributed by atoms with Gasteiger partial charge < -0.3 is 26.1 Å². The average Bonchev–Trinajstić information content (AvgIpc) is 3.05. The van der Waals surface area contributed by atoms with Crippen molar-refractivity contribution in [3.05, 3.63) is 41.1 Å². The largest absolute Gasteiger partial charge is 0.497 e. The molecule has 0 saturated carbocycles. The van der Waals surface area contributed by atoms with E-state index in [1.54, 1.807) is 0 Å². The number of amides is 1. The van der Waals surface area contributed by atoms with Gasteiger partial charge in [0.25, 0.3) is 0 Å². The molecule has 1 fully saturated rings. The molecule has 1 amide bonds. The van der Waals surface area contributed by atoms with E-state index in [9.17, 15) is 18.0 Å². The lowest BCUT2D eigenvalue weighted by atomic mass is 9.97. The summed E-state index contributed by atoms with van der Waals surface area (Å²) >= 11 is 0. The lowest BCUT2D eigenvalue weighted by Crippen LogP contribution is -2.48. The van der Waals surface area contributed by atoms with Crippen LogP contribution in [0.3, 0.4) is 0 Å². The van der Waals surface area contributed by atoms with Crippen LogP contribution in [0.5, 0.6) is 5.75 Å². The minimum absolute atomic E-state index is 0.0299. The van der Waals surface area contributed by atoms with Gasteiger partial charge in [0.15, 0.2) is 0 Å². The molecule has 2 aliphatic rings. The van der Waals surface area contributed by atoms with Crippen LogP contribution in [0.1, 0.15) is 24.5 Å². The van der Waals surface area contributed by atoms with Gasteiger partial charge in [0, 0.05) is 17.8 Å². The van der Waals surface area contributed by atoms with Crippen molar-refractivity contribution < 1.29 is 22.7 Å². The minimum Gasteiger partial charge on any atom is -0.497 e. The number of methoxy groups -OCH3 is 1. The van der Waals surface area contributed by atoms with Crippen molar-refractivity contribution in [2.24, 2.45) is 10.2 Å². The molecule has 2 aliphatic heterocycles. The highest BCUT2D eigenvalue weighted by atomic mass is 19.4. The van der Waals surface area contributed by atoms with Crippen LogP contribution in [0.15, 0.2) is 40.2 Å². The number of allylic oxidation sites excluding steroid dienone is 2. The summed E-state index contributed by atoms with van der Waals surface area (Å²) < 4.78 is 44.5. The summed E-state index contributed by atoms with van der Waals surface area (Å²) in [5.74, 6) is 0.291. The van der Waals surface area contributed by atoms with Crippen LogP contribution in [0.4, 0.5) is 13.2 Å². The third-order valence-corrected chi connectivity index (χ3v) is 4.44. The summed E-state index contributed by atoms with van der Waals surface area (Å²) in [5.41, 5.74) is 0.806. The number of halogens is 3. The lowest BCUT2D eigenvalue weighted by molar-refractivity contribution is -0.127. The standard InChI is InChI=1S/C19H21F3N6O2/c1-10(23)7-15-16(27-28-18(26-15)25-14-5-6-24-17(14)29)13-4-3-12(30-2)8-11(13)9-19(20,21)22/h3-4,7-8,14,23H,5-6,9H2,1-2H3,(H,24,29)(H2,25,26,28)/b15-7-,23-10?. The second kappa shape index (κ2) is 8.56. The van der Waals surface area contributed by atoms with Crippen LogP contribution in [-0.4, -0.2) is 49.2 Å². The van der Waals surface area contributed by atoms with Crippen LogP contribution in [-0.2, 0) is 11.2 Å². The van der Waals surface area contributed by atoms with E-state index in [-0.39, 0.29) is 40.2 Å². The normalized spacial score (nSPS) is 20.2. The molecule has 1 atom stereocenters. The SMILES string of the molecule is COc1ccc(C2=NN=C(NC3CCNC3=O)N/C2=C\C(C)=N)c(CC(F)(F)F)c1. The van der Waals surface area contributed by atoms with E-state index < -0.39 is 18.6 Å². The Morgan fingerprint density at radius 1 is 1.40 bits per heavy atom. The van der Waals surface area contributed by atoms with Crippen LogP contribution in [0.25, 0.3) is 0 Å². The Hall–Kier alpha value is -3.37. The number of hydrogen-bond donors (Lipinski definition) is 4. The van der Waals surface area contributed by atoms with E-state index in [1.807, 2.05) is 0 Å². The molecule has 11 heteroatoms. The third kappa shape index (κ3) is 5.16. The lowest BCUT2D eigenvalue weighted by Gasteiger charge is -2.22. The van der Waals surface area contributed by atoms with Gasteiger partial charge in [0.05, 0.1) is 19.2 Å². The van der Waals surface area contributed by atoms with Gasteiger partial charge in [-0.15, -0.1) is 10.2 Å². The number of benzene rings is 1. The highest BCUT2D eigenvalue weighted by molar-refractivity contribution is 6.18. The van der Waals surface area contributed by atoms with Crippen LogP contribution < -0.4 is 20.7 Å². The Bertz CT molecular complexity index is 952. The zero-order valence-corrected chi connectivity index (χ0v) is 16.4. The first kappa shape index (κ1) is 21.3. The van der Waals surface area contributed by atoms with Gasteiger partial charge in [-0.05, 0) is 43.2 Å². The molecule has 3 rings (SSSR count). The molecule has 30 heavy (non-hydrogen) atoms. The van der Waals surface area contributed by atoms with Gasteiger partial charge in [-0.3, -0.25) is 4.79 Å². The fourth-order valence-electron chi connectivity index (χ4n) is 3.14. The molecule has 1 unspecified atom stereocenters. The number of hydrogen-bond acceptors (Lipinski definition) is 7. The molecular weight excluding hydrogens is 401 g/mol. The summed E-state index contributed by atoms with van der Waals surface area (Å²) in [6.45, 7) is 2.06. The summed E-state index contributed by atoms with van der Waals surface area (Å²) in [4.78, 5) is 11.8. The topological polar surface area (TPSA) is 111 Å². The molecule has 1 aromatic carbocycles. The Kier molecular flexibility index (Phi) is 6.09. The molecule has 0 radical (unpaired) electrons.